The lowest BCUT2D eigenvalue weighted by molar-refractivity contribution is 0.307. The van der Waals surface area contributed by atoms with Crippen molar-refractivity contribution in [3.63, 3.8) is 0 Å². The SMILES string of the molecule is CN1CC2=C(OCC2)c2ccccc21. The molecule has 0 saturated heterocycles. The van der Waals surface area contributed by atoms with Gasteiger partial charge in [0.1, 0.15) is 5.76 Å². The third-order valence-electron chi connectivity index (χ3n) is 2.96. The number of likely N-dealkylation sites (N-methyl/N-ethyl adjacent to an activating group) is 1. The summed E-state index contributed by atoms with van der Waals surface area (Å²) in [5.74, 6) is 1.14. The maximum Gasteiger partial charge on any atom is 0.129 e. The Morgan fingerprint density at radius 1 is 1.29 bits per heavy atom. The first-order chi connectivity index (χ1) is 6.86. The van der Waals surface area contributed by atoms with Crippen LogP contribution in [0.3, 0.4) is 0 Å². The van der Waals surface area contributed by atoms with E-state index < -0.39 is 0 Å². The smallest absolute Gasteiger partial charge is 0.129 e. The molecule has 0 fully saturated rings. The zero-order valence-electron chi connectivity index (χ0n) is 8.29. The minimum absolute atomic E-state index is 0.854. The summed E-state index contributed by atoms with van der Waals surface area (Å²) >= 11 is 0. The lowest BCUT2D eigenvalue weighted by Crippen LogP contribution is -2.24. The number of hydrogen-bond donors (Lipinski definition) is 0. The summed E-state index contributed by atoms with van der Waals surface area (Å²) in [5, 5.41) is 0. The van der Waals surface area contributed by atoms with Gasteiger partial charge < -0.3 is 9.64 Å². The molecule has 0 aliphatic carbocycles. The van der Waals surface area contributed by atoms with Crippen molar-refractivity contribution in [1.29, 1.82) is 0 Å². The molecule has 2 aliphatic rings. The second-order valence-corrected chi connectivity index (χ2v) is 3.90. The van der Waals surface area contributed by atoms with Crippen molar-refractivity contribution in [2.24, 2.45) is 0 Å². The second-order valence-electron chi connectivity index (χ2n) is 3.90. The Kier molecular flexibility index (Phi) is 1.57. The van der Waals surface area contributed by atoms with Crippen LogP contribution in [0, 0.1) is 0 Å². The molecule has 72 valence electrons. The molecule has 0 saturated carbocycles. The van der Waals surface area contributed by atoms with E-state index in [0.717, 1.165) is 25.3 Å². The molecular weight excluding hydrogens is 174 g/mol. The van der Waals surface area contributed by atoms with Crippen molar-refractivity contribution in [2.75, 3.05) is 25.1 Å². The van der Waals surface area contributed by atoms with E-state index in [1.54, 1.807) is 0 Å². The standard InChI is InChI=1S/C12H13NO/c1-13-8-9-6-7-14-12(9)10-4-2-3-5-11(10)13/h2-5H,6-8H2,1H3. The first kappa shape index (κ1) is 7.92. The molecule has 2 nitrogen and oxygen atoms in total. The van der Waals surface area contributed by atoms with E-state index in [1.807, 2.05) is 0 Å². The largest absolute Gasteiger partial charge is 0.493 e. The van der Waals surface area contributed by atoms with Gasteiger partial charge in [0.25, 0.3) is 0 Å². The van der Waals surface area contributed by atoms with E-state index in [-0.39, 0.29) is 0 Å². The molecule has 1 aromatic rings. The Bertz CT molecular complexity index is 409. The Hall–Kier alpha value is -1.44. The highest BCUT2D eigenvalue weighted by Crippen LogP contribution is 2.38. The number of fused-ring (bicyclic) bond motifs is 2. The summed E-state index contributed by atoms with van der Waals surface area (Å²) in [6.07, 6.45) is 1.09. The Labute approximate surface area is 83.8 Å². The van der Waals surface area contributed by atoms with E-state index in [4.69, 9.17) is 4.74 Å². The van der Waals surface area contributed by atoms with Crippen LogP contribution in [0.4, 0.5) is 5.69 Å². The van der Waals surface area contributed by atoms with Crippen LogP contribution in [-0.4, -0.2) is 20.2 Å². The molecule has 2 aliphatic heterocycles. The van der Waals surface area contributed by atoms with Gasteiger partial charge in [-0.05, 0) is 17.7 Å². The van der Waals surface area contributed by atoms with Gasteiger partial charge in [-0.15, -0.1) is 0 Å². The van der Waals surface area contributed by atoms with E-state index in [9.17, 15) is 0 Å². The molecule has 1 aromatic carbocycles. The van der Waals surface area contributed by atoms with E-state index in [0.29, 0.717) is 0 Å². The summed E-state index contributed by atoms with van der Waals surface area (Å²) < 4.78 is 5.68. The van der Waals surface area contributed by atoms with Crippen LogP contribution in [-0.2, 0) is 4.74 Å². The Balaban J connectivity index is 2.20. The van der Waals surface area contributed by atoms with Crippen molar-refractivity contribution in [3.05, 3.63) is 35.4 Å². The van der Waals surface area contributed by atoms with Gasteiger partial charge in [0.15, 0.2) is 0 Å². The monoisotopic (exact) mass is 187 g/mol. The van der Waals surface area contributed by atoms with Crippen LogP contribution in [0.2, 0.25) is 0 Å². The Morgan fingerprint density at radius 3 is 3.07 bits per heavy atom. The van der Waals surface area contributed by atoms with Crippen LogP contribution in [0.1, 0.15) is 12.0 Å². The molecule has 2 heteroatoms. The molecule has 0 N–H and O–H groups in total. The van der Waals surface area contributed by atoms with Gasteiger partial charge in [-0.1, -0.05) is 12.1 Å². The van der Waals surface area contributed by atoms with E-state index >= 15 is 0 Å². The van der Waals surface area contributed by atoms with Gasteiger partial charge in [0.2, 0.25) is 0 Å². The summed E-state index contributed by atoms with van der Waals surface area (Å²) in [7, 11) is 2.14. The molecule has 0 amide bonds. The fraction of sp³-hybridized carbons (Fsp3) is 0.333. The fourth-order valence-electron chi connectivity index (χ4n) is 2.28. The molecule has 2 heterocycles. The van der Waals surface area contributed by atoms with Gasteiger partial charge >= 0.3 is 0 Å². The average Bonchev–Trinajstić information content (AvgIpc) is 2.66. The number of benzene rings is 1. The third kappa shape index (κ3) is 0.969. The molecule has 0 atom stereocenters. The van der Waals surface area contributed by atoms with Crippen molar-refractivity contribution in [2.45, 2.75) is 6.42 Å². The molecule has 0 unspecified atom stereocenters. The van der Waals surface area contributed by atoms with Crippen LogP contribution in [0.25, 0.3) is 5.76 Å². The molecule has 14 heavy (non-hydrogen) atoms. The highest BCUT2D eigenvalue weighted by atomic mass is 16.5. The number of hydrogen-bond acceptors (Lipinski definition) is 2. The summed E-state index contributed by atoms with van der Waals surface area (Å²) in [6, 6.07) is 8.45. The number of rotatable bonds is 0. The van der Waals surface area contributed by atoms with Gasteiger partial charge in [0.05, 0.1) is 6.61 Å². The maximum absolute atomic E-state index is 5.68. The predicted octanol–water partition coefficient (Wildman–Crippen LogP) is 2.27. The molecule has 0 radical (unpaired) electrons. The van der Waals surface area contributed by atoms with Crippen molar-refractivity contribution < 1.29 is 4.74 Å². The van der Waals surface area contributed by atoms with Crippen molar-refractivity contribution >= 4 is 11.4 Å². The third-order valence-corrected chi connectivity index (χ3v) is 2.96. The summed E-state index contributed by atoms with van der Waals surface area (Å²) in [5.41, 5.74) is 3.99. The average molecular weight is 187 g/mol. The highest BCUT2D eigenvalue weighted by Gasteiger charge is 2.26. The van der Waals surface area contributed by atoms with Gasteiger partial charge in [0, 0.05) is 31.3 Å². The van der Waals surface area contributed by atoms with Crippen LogP contribution in [0.15, 0.2) is 29.8 Å². The lowest BCUT2D eigenvalue weighted by atomic mass is 10.0. The van der Waals surface area contributed by atoms with Gasteiger partial charge in [-0.2, -0.15) is 0 Å². The molecule has 0 spiro atoms. The van der Waals surface area contributed by atoms with Crippen LogP contribution < -0.4 is 4.90 Å². The number of anilines is 1. The Morgan fingerprint density at radius 2 is 2.14 bits per heavy atom. The van der Waals surface area contributed by atoms with E-state index in [1.165, 1.54) is 16.8 Å². The molecular formula is C12H13NO. The quantitative estimate of drug-likeness (QED) is 0.617. The number of nitrogens with zero attached hydrogens (tertiary/aromatic N) is 1. The molecule has 0 bridgehead atoms. The van der Waals surface area contributed by atoms with Gasteiger partial charge in [-0.25, -0.2) is 0 Å². The van der Waals surface area contributed by atoms with Crippen LogP contribution in [0.5, 0.6) is 0 Å². The lowest BCUT2D eigenvalue weighted by Gasteiger charge is -2.27. The molecule has 3 rings (SSSR count). The van der Waals surface area contributed by atoms with Crippen molar-refractivity contribution in [1.82, 2.24) is 0 Å². The topological polar surface area (TPSA) is 12.5 Å². The first-order valence-electron chi connectivity index (χ1n) is 5.01. The molecule has 0 aromatic heterocycles. The maximum atomic E-state index is 5.68. The minimum Gasteiger partial charge on any atom is -0.493 e. The second kappa shape index (κ2) is 2.77. The highest BCUT2D eigenvalue weighted by molar-refractivity contribution is 5.79. The van der Waals surface area contributed by atoms with Gasteiger partial charge in [-0.3, -0.25) is 0 Å². The first-order valence-corrected chi connectivity index (χ1v) is 5.01. The van der Waals surface area contributed by atoms with E-state index in [2.05, 4.69) is 36.2 Å². The minimum atomic E-state index is 0.854. The summed E-state index contributed by atoms with van der Waals surface area (Å²) in [4.78, 5) is 2.29. The fourth-order valence-corrected chi connectivity index (χ4v) is 2.28. The zero-order valence-corrected chi connectivity index (χ0v) is 8.29. The van der Waals surface area contributed by atoms with Crippen LogP contribution >= 0.6 is 0 Å². The van der Waals surface area contributed by atoms with Crippen molar-refractivity contribution in [3.8, 4) is 0 Å². The normalized spacial score (nSPS) is 19.1. The summed E-state index contributed by atoms with van der Waals surface area (Å²) in [6.45, 7) is 1.87. The number of para-hydroxylation sites is 1. The predicted molar refractivity (Wildman–Crippen MR) is 57.2 cm³/mol. The number of ether oxygens (including phenoxy) is 1. The zero-order chi connectivity index (χ0) is 9.54.